The molecule has 0 fully saturated rings. The van der Waals surface area contributed by atoms with E-state index in [1.54, 1.807) is 0 Å². The van der Waals surface area contributed by atoms with Crippen molar-refractivity contribution in [3.63, 3.8) is 0 Å². The molecule has 1 rings (SSSR count). The Balaban J connectivity index is 2.89. The standard InChI is InChI=1S/C12H22ClN3OS/c1-4-10-12(13)11(16(5-2)15-10)8-18(17)9(3)6-7-14/h9H,4-8,14H2,1-3H3. The molecule has 0 aliphatic heterocycles. The number of hydrogen-bond acceptors (Lipinski definition) is 3. The van der Waals surface area contributed by atoms with Crippen LogP contribution in [0.15, 0.2) is 0 Å². The molecule has 0 radical (unpaired) electrons. The summed E-state index contributed by atoms with van der Waals surface area (Å²) in [6, 6.07) is 0. The zero-order valence-corrected chi connectivity index (χ0v) is 12.9. The van der Waals surface area contributed by atoms with Crippen LogP contribution in [-0.2, 0) is 29.5 Å². The van der Waals surface area contributed by atoms with Crippen molar-refractivity contribution in [1.82, 2.24) is 9.78 Å². The average Bonchev–Trinajstić information content (AvgIpc) is 2.66. The van der Waals surface area contributed by atoms with Crippen LogP contribution in [0.5, 0.6) is 0 Å². The molecule has 0 aromatic carbocycles. The zero-order valence-electron chi connectivity index (χ0n) is 11.3. The Hall–Kier alpha value is -0.390. The van der Waals surface area contributed by atoms with E-state index in [9.17, 15) is 4.21 Å². The first kappa shape index (κ1) is 15.7. The fraction of sp³-hybridized carbons (Fsp3) is 0.750. The SMILES string of the molecule is CCc1nn(CC)c(CS(=O)C(C)CCN)c1Cl. The van der Waals surface area contributed by atoms with Crippen molar-refractivity contribution < 1.29 is 4.21 Å². The van der Waals surface area contributed by atoms with Gasteiger partial charge in [0, 0.05) is 22.6 Å². The van der Waals surface area contributed by atoms with E-state index in [0.29, 0.717) is 17.3 Å². The van der Waals surface area contributed by atoms with E-state index in [1.165, 1.54) is 0 Å². The van der Waals surface area contributed by atoms with E-state index in [2.05, 4.69) is 5.10 Å². The fourth-order valence-electron chi connectivity index (χ4n) is 1.80. The molecule has 18 heavy (non-hydrogen) atoms. The largest absolute Gasteiger partial charge is 0.330 e. The minimum atomic E-state index is -0.952. The van der Waals surface area contributed by atoms with Crippen LogP contribution in [0, 0.1) is 0 Å². The highest BCUT2D eigenvalue weighted by Gasteiger charge is 2.19. The van der Waals surface area contributed by atoms with E-state index in [1.807, 2.05) is 25.5 Å². The van der Waals surface area contributed by atoms with E-state index < -0.39 is 10.8 Å². The molecular formula is C12H22ClN3OS. The van der Waals surface area contributed by atoms with Crippen LogP contribution in [0.2, 0.25) is 5.02 Å². The molecule has 6 heteroatoms. The summed E-state index contributed by atoms with van der Waals surface area (Å²) in [6.07, 6.45) is 1.56. The van der Waals surface area contributed by atoms with Gasteiger partial charge in [-0.1, -0.05) is 25.4 Å². The lowest BCUT2D eigenvalue weighted by Crippen LogP contribution is -2.18. The topological polar surface area (TPSA) is 60.9 Å². The van der Waals surface area contributed by atoms with Gasteiger partial charge in [0.05, 0.1) is 22.2 Å². The molecule has 0 saturated heterocycles. The second kappa shape index (κ2) is 7.26. The minimum absolute atomic E-state index is 0.0938. The average molecular weight is 292 g/mol. The number of nitrogens with zero attached hydrogens (tertiary/aromatic N) is 2. The zero-order chi connectivity index (χ0) is 13.7. The third kappa shape index (κ3) is 3.56. The molecule has 2 atom stereocenters. The maximum atomic E-state index is 12.2. The lowest BCUT2D eigenvalue weighted by atomic mass is 10.3. The summed E-state index contributed by atoms with van der Waals surface area (Å²) in [4.78, 5) is 0. The summed E-state index contributed by atoms with van der Waals surface area (Å²) in [6.45, 7) is 7.31. The Morgan fingerprint density at radius 2 is 2.17 bits per heavy atom. The van der Waals surface area contributed by atoms with E-state index in [0.717, 1.165) is 30.8 Å². The van der Waals surface area contributed by atoms with Crippen molar-refractivity contribution >= 4 is 22.4 Å². The van der Waals surface area contributed by atoms with Gasteiger partial charge in [0.2, 0.25) is 0 Å². The van der Waals surface area contributed by atoms with E-state index in [4.69, 9.17) is 17.3 Å². The molecule has 4 nitrogen and oxygen atoms in total. The third-order valence-electron chi connectivity index (χ3n) is 3.00. The maximum absolute atomic E-state index is 12.2. The number of nitrogens with two attached hydrogens (primary N) is 1. The Morgan fingerprint density at radius 1 is 1.50 bits per heavy atom. The molecule has 1 aromatic rings. The Bertz CT molecular complexity index is 420. The summed E-state index contributed by atoms with van der Waals surface area (Å²) in [5.74, 6) is 0.459. The first-order valence-electron chi connectivity index (χ1n) is 6.36. The van der Waals surface area contributed by atoms with Crippen LogP contribution in [0.4, 0.5) is 0 Å². The molecule has 0 aliphatic rings. The van der Waals surface area contributed by atoms with E-state index >= 15 is 0 Å². The molecule has 0 spiro atoms. The molecular weight excluding hydrogens is 270 g/mol. The van der Waals surface area contributed by atoms with Crippen LogP contribution < -0.4 is 5.73 Å². The molecule has 0 amide bonds. The highest BCUT2D eigenvalue weighted by molar-refractivity contribution is 7.84. The highest BCUT2D eigenvalue weighted by atomic mass is 35.5. The Morgan fingerprint density at radius 3 is 2.67 bits per heavy atom. The van der Waals surface area contributed by atoms with Gasteiger partial charge in [-0.25, -0.2) is 0 Å². The van der Waals surface area contributed by atoms with Crippen LogP contribution in [0.25, 0.3) is 0 Å². The number of hydrogen-bond donors (Lipinski definition) is 1. The quantitative estimate of drug-likeness (QED) is 0.837. The first-order chi connectivity index (χ1) is 8.54. The fourth-order valence-corrected chi connectivity index (χ4v) is 3.46. The number of halogens is 1. The lowest BCUT2D eigenvalue weighted by molar-refractivity contribution is 0.621. The Labute approximate surface area is 116 Å². The summed E-state index contributed by atoms with van der Waals surface area (Å²) in [5, 5.41) is 5.20. The van der Waals surface area contributed by atoms with Crippen molar-refractivity contribution in [2.24, 2.45) is 5.73 Å². The van der Waals surface area contributed by atoms with Gasteiger partial charge in [0.25, 0.3) is 0 Å². The predicted molar refractivity (Wildman–Crippen MR) is 77.3 cm³/mol. The monoisotopic (exact) mass is 291 g/mol. The maximum Gasteiger partial charge on any atom is 0.0859 e. The van der Waals surface area contributed by atoms with E-state index in [-0.39, 0.29) is 5.25 Å². The second-order valence-corrected chi connectivity index (χ2v) is 6.52. The lowest BCUT2D eigenvalue weighted by Gasteiger charge is -2.11. The highest BCUT2D eigenvalue weighted by Crippen LogP contribution is 2.23. The van der Waals surface area contributed by atoms with Crippen LogP contribution in [-0.4, -0.2) is 25.8 Å². The molecule has 2 N–H and O–H groups in total. The van der Waals surface area contributed by atoms with Crippen molar-refractivity contribution in [2.75, 3.05) is 6.54 Å². The van der Waals surface area contributed by atoms with Gasteiger partial charge in [-0.3, -0.25) is 8.89 Å². The van der Waals surface area contributed by atoms with Crippen LogP contribution in [0.1, 0.15) is 38.6 Å². The summed E-state index contributed by atoms with van der Waals surface area (Å²) < 4.78 is 14.0. The Kier molecular flexibility index (Phi) is 6.32. The third-order valence-corrected chi connectivity index (χ3v) is 5.12. The summed E-state index contributed by atoms with van der Waals surface area (Å²) in [7, 11) is -0.952. The first-order valence-corrected chi connectivity index (χ1v) is 8.12. The molecule has 0 bridgehead atoms. The molecule has 1 heterocycles. The van der Waals surface area contributed by atoms with Gasteiger partial charge in [0.1, 0.15) is 0 Å². The van der Waals surface area contributed by atoms with Gasteiger partial charge in [-0.05, 0) is 26.3 Å². The van der Waals surface area contributed by atoms with Crippen molar-refractivity contribution in [3.8, 4) is 0 Å². The van der Waals surface area contributed by atoms with Gasteiger partial charge in [-0.2, -0.15) is 5.10 Å². The summed E-state index contributed by atoms with van der Waals surface area (Å²) in [5.41, 5.74) is 7.27. The second-order valence-electron chi connectivity index (χ2n) is 4.29. The van der Waals surface area contributed by atoms with Crippen LogP contribution >= 0.6 is 11.6 Å². The smallest absolute Gasteiger partial charge is 0.0859 e. The minimum Gasteiger partial charge on any atom is -0.330 e. The van der Waals surface area contributed by atoms with Gasteiger partial charge in [-0.15, -0.1) is 0 Å². The summed E-state index contributed by atoms with van der Waals surface area (Å²) >= 11 is 6.29. The molecule has 2 unspecified atom stereocenters. The van der Waals surface area contributed by atoms with Gasteiger partial charge >= 0.3 is 0 Å². The molecule has 1 aromatic heterocycles. The molecule has 0 saturated carbocycles. The molecule has 0 aliphatic carbocycles. The normalized spacial score (nSPS) is 14.7. The number of rotatable bonds is 7. The van der Waals surface area contributed by atoms with Crippen molar-refractivity contribution in [1.29, 1.82) is 0 Å². The van der Waals surface area contributed by atoms with Gasteiger partial charge < -0.3 is 5.73 Å². The van der Waals surface area contributed by atoms with Gasteiger partial charge in [0.15, 0.2) is 0 Å². The van der Waals surface area contributed by atoms with Crippen molar-refractivity contribution in [3.05, 3.63) is 16.4 Å². The molecule has 104 valence electrons. The number of aryl methyl sites for hydroxylation is 2. The van der Waals surface area contributed by atoms with Crippen molar-refractivity contribution in [2.45, 2.75) is 51.2 Å². The van der Waals surface area contributed by atoms with Crippen LogP contribution in [0.3, 0.4) is 0 Å². The number of aromatic nitrogens is 2. The predicted octanol–water partition coefficient (Wildman–Crippen LogP) is 2.10.